The lowest BCUT2D eigenvalue weighted by Crippen LogP contribution is -1.88. The average molecular weight is 239 g/mol. The lowest BCUT2D eigenvalue weighted by Gasteiger charge is -2.03. The number of halogens is 2. The number of aryl methyl sites for hydroxylation is 1. The Morgan fingerprint density at radius 3 is 2.47 bits per heavy atom. The zero-order valence-corrected chi connectivity index (χ0v) is 9.55. The van der Waals surface area contributed by atoms with Crippen molar-refractivity contribution in [2.45, 2.75) is 6.92 Å². The highest BCUT2D eigenvalue weighted by atomic mass is 35.5. The maximum absolute atomic E-state index is 6.05. The molecule has 0 aliphatic rings. The van der Waals surface area contributed by atoms with Crippen molar-refractivity contribution in [1.82, 2.24) is 9.97 Å². The Bertz CT molecular complexity index is 480. The molecule has 2 rings (SSSR count). The van der Waals surface area contributed by atoms with Crippen molar-refractivity contribution in [3.05, 3.63) is 46.3 Å². The Morgan fingerprint density at radius 2 is 1.87 bits per heavy atom. The molecule has 0 amide bonds. The van der Waals surface area contributed by atoms with E-state index in [9.17, 15) is 0 Å². The topological polar surface area (TPSA) is 25.8 Å². The van der Waals surface area contributed by atoms with Gasteiger partial charge in [0, 0.05) is 16.8 Å². The Balaban J connectivity index is 2.49. The van der Waals surface area contributed by atoms with Crippen LogP contribution in [0.2, 0.25) is 10.0 Å². The summed E-state index contributed by atoms with van der Waals surface area (Å²) in [7, 11) is 0. The molecule has 0 N–H and O–H groups in total. The molecule has 2 aromatic rings. The maximum Gasteiger partial charge on any atom is 0.0900 e. The summed E-state index contributed by atoms with van der Waals surface area (Å²) in [6.07, 6.45) is 3.41. The Hall–Kier alpha value is -1.12. The lowest BCUT2D eigenvalue weighted by atomic mass is 10.1. The van der Waals surface area contributed by atoms with E-state index in [1.165, 1.54) is 0 Å². The van der Waals surface area contributed by atoms with Crippen LogP contribution >= 0.6 is 23.2 Å². The average Bonchev–Trinajstić information content (AvgIpc) is 2.20. The van der Waals surface area contributed by atoms with E-state index in [0.717, 1.165) is 17.0 Å². The van der Waals surface area contributed by atoms with Crippen molar-refractivity contribution in [3.8, 4) is 11.3 Å². The predicted molar refractivity (Wildman–Crippen MR) is 62.2 cm³/mol. The van der Waals surface area contributed by atoms with Crippen molar-refractivity contribution in [2.75, 3.05) is 0 Å². The molecule has 15 heavy (non-hydrogen) atoms. The van der Waals surface area contributed by atoms with Gasteiger partial charge >= 0.3 is 0 Å². The summed E-state index contributed by atoms with van der Waals surface area (Å²) < 4.78 is 0. The second kappa shape index (κ2) is 4.17. The van der Waals surface area contributed by atoms with E-state index in [1.54, 1.807) is 24.5 Å². The smallest absolute Gasteiger partial charge is 0.0900 e. The van der Waals surface area contributed by atoms with Gasteiger partial charge in [0.1, 0.15) is 0 Å². The van der Waals surface area contributed by atoms with Crippen molar-refractivity contribution in [2.24, 2.45) is 0 Å². The van der Waals surface area contributed by atoms with Gasteiger partial charge in [-0.2, -0.15) is 0 Å². The second-order valence-electron chi connectivity index (χ2n) is 3.17. The molecule has 0 aliphatic carbocycles. The third-order valence-electron chi connectivity index (χ3n) is 1.99. The van der Waals surface area contributed by atoms with Crippen molar-refractivity contribution < 1.29 is 0 Å². The fourth-order valence-electron chi connectivity index (χ4n) is 1.23. The van der Waals surface area contributed by atoms with E-state index >= 15 is 0 Å². The number of hydrogen-bond acceptors (Lipinski definition) is 2. The Kier molecular flexibility index (Phi) is 2.89. The zero-order chi connectivity index (χ0) is 10.8. The molecule has 1 heterocycles. The van der Waals surface area contributed by atoms with Crippen LogP contribution in [-0.4, -0.2) is 9.97 Å². The van der Waals surface area contributed by atoms with E-state index in [1.807, 2.05) is 13.0 Å². The first-order valence-electron chi connectivity index (χ1n) is 4.41. The summed E-state index contributed by atoms with van der Waals surface area (Å²) in [4.78, 5) is 8.41. The minimum Gasteiger partial charge on any atom is -0.258 e. The van der Waals surface area contributed by atoms with Gasteiger partial charge in [0.25, 0.3) is 0 Å². The summed E-state index contributed by atoms with van der Waals surface area (Å²) in [5.74, 6) is 0. The normalized spacial score (nSPS) is 10.3. The molecule has 0 saturated heterocycles. The minimum atomic E-state index is 0.584. The summed E-state index contributed by atoms with van der Waals surface area (Å²) in [5, 5.41) is 1.20. The van der Waals surface area contributed by atoms with Gasteiger partial charge in [0.05, 0.1) is 22.6 Å². The van der Waals surface area contributed by atoms with Crippen LogP contribution in [0.25, 0.3) is 11.3 Å². The fraction of sp³-hybridized carbons (Fsp3) is 0.0909. The van der Waals surface area contributed by atoms with Gasteiger partial charge in [0.15, 0.2) is 0 Å². The molecule has 0 unspecified atom stereocenters. The molecule has 0 saturated carbocycles. The van der Waals surface area contributed by atoms with Crippen molar-refractivity contribution >= 4 is 23.2 Å². The molecule has 4 heteroatoms. The molecule has 0 fully saturated rings. The first-order chi connectivity index (χ1) is 7.16. The predicted octanol–water partition coefficient (Wildman–Crippen LogP) is 3.76. The van der Waals surface area contributed by atoms with Gasteiger partial charge in [-0.1, -0.05) is 23.2 Å². The molecule has 0 radical (unpaired) electrons. The molecular weight excluding hydrogens is 231 g/mol. The zero-order valence-electron chi connectivity index (χ0n) is 8.04. The highest BCUT2D eigenvalue weighted by Gasteiger charge is 2.05. The van der Waals surface area contributed by atoms with E-state index in [-0.39, 0.29) is 0 Å². The third-order valence-corrected chi connectivity index (χ3v) is 2.54. The number of rotatable bonds is 1. The van der Waals surface area contributed by atoms with Gasteiger partial charge < -0.3 is 0 Å². The van der Waals surface area contributed by atoms with Crippen LogP contribution in [0.15, 0.2) is 30.6 Å². The van der Waals surface area contributed by atoms with Gasteiger partial charge in [-0.05, 0) is 25.1 Å². The first kappa shape index (κ1) is 10.4. The molecule has 0 atom stereocenters. The number of aromatic nitrogens is 2. The van der Waals surface area contributed by atoms with E-state index in [2.05, 4.69) is 9.97 Å². The number of hydrogen-bond donors (Lipinski definition) is 0. The van der Waals surface area contributed by atoms with E-state index in [0.29, 0.717) is 10.0 Å². The maximum atomic E-state index is 6.05. The third kappa shape index (κ3) is 2.28. The van der Waals surface area contributed by atoms with Gasteiger partial charge in [-0.3, -0.25) is 9.97 Å². The largest absolute Gasteiger partial charge is 0.258 e. The van der Waals surface area contributed by atoms with Crippen LogP contribution in [0.4, 0.5) is 0 Å². The Morgan fingerprint density at radius 1 is 1.07 bits per heavy atom. The van der Waals surface area contributed by atoms with Crippen molar-refractivity contribution in [1.29, 1.82) is 0 Å². The van der Waals surface area contributed by atoms with Gasteiger partial charge in [-0.15, -0.1) is 0 Å². The first-order valence-corrected chi connectivity index (χ1v) is 5.16. The molecule has 0 spiro atoms. The van der Waals surface area contributed by atoms with E-state index < -0.39 is 0 Å². The standard InChI is InChI=1S/C11H8Cl2N2/c1-7-5-15-11(6-14-7)9-3-2-8(12)4-10(9)13/h2-6H,1H3. The lowest BCUT2D eigenvalue weighted by molar-refractivity contribution is 1.12. The summed E-state index contributed by atoms with van der Waals surface area (Å²) in [6, 6.07) is 5.31. The number of nitrogens with zero attached hydrogens (tertiary/aromatic N) is 2. The monoisotopic (exact) mass is 238 g/mol. The molecule has 2 nitrogen and oxygen atoms in total. The van der Waals surface area contributed by atoms with Crippen LogP contribution in [0, 0.1) is 6.92 Å². The highest BCUT2D eigenvalue weighted by molar-refractivity contribution is 6.36. The van der Waals surface area contributed by atoms with Crippen LogP contribution in [-0.2, 0) is 0 Å². The quantitative estimate of drug-likeness (QED) is 0.757. The molecule has 76 valence electrons. The summed E-state index contributed by atoms with van der Waals surface area (Å²) in [6.45, 7) is 1.89. The SMILES string of the molecule is Cc1cnc(-c2ccc(Cl)cc2Cl)cn1. The second-order valence-corrected chi connectivity index (χ2v) is 4.01. The number of benzene rings is 1. The molecule has 0 aliphatic heterocycles. The molecular formula is C11H8Cl2N2. The molecule has 1 aromatic heterocycles. The van der Waals surface area contributed by atoms with Gasteiger partial charge in [0.2, 0.25) is 0 Å². The fourth-order valence-corrected chi connectivity index (χ4v) is 1.73. The van der Waals surface area contributed by atoms with Crippen LogP contribution in [0.3, 0.4) is 0 Å². The highest BCUT2D eigenvalue weighted by Crippen LogP contribution is 2.28. The molecule has 1 aromatic carbocycles. The Labute approximate surface area is 97.9 Å². The minimum absolute atomic E-state index is 0.584. The van der Waals surface area contributed by atoms with Crippen LogP contribution < -0.4 is 0 Å². The van der Waals surface area contributed by atoms with Crippen LogP contribution in [0.5, 0.6) is 0 Å². The molecule has 0 bridgehead atoms. The summed E-state index contributed by atoms with van der Waals surface area (Å²) >= 11 is 11.9. The summed E-state index contributed by atoms with van der Waals surface area (Å²) in [5.41, 5.74) is 2.47. The van der Waals surface area contributed by atoms with Crippen molar-refractivity contribution in [3.63, 3.8) is 0 Å². The van der Waals surface area contributed by atoms with Gasteiger partial charge in [-0.25, -0.2) is 0 Å². The van der Waals surface area contributed by atoms with E-state index in [4.69, 9.17) is 23.2 Å². The van der Waals surface area contributed by atoms with Crippen LogP contribution in [0.1, 0.15) is 5.69 Å².